The summed E-state index contributed by atoms with van der Waals surface area (Å²) in [6, 6.07) is 15.6. The van der Waals surface area contributed by atoms with Crippen LogP contribution < -0.4 is 20.1 Å². The zero-order valence-electron chi connectivity index (χ0n) is 23.1. The lowest BCUT2D eigenvalue weighted by Crippen LogP contribution is -2.37. The summed E-state index contributed by atoms with van der Waals surface area (Å²) in [4.78, 5) is 19.4. The molecule has 0 atom stereocenters. The van der Waals surface area contributed by atoms with Gasteiger partial charge in [0, 0.05) is 18.2 Å². The minimum Gasteiger partial charge on any atom is -0.454 e. The van der Waals surface area contributed by atoms with Crippen molar-refractivity contribution in [3.8, 4) is 11.5 Å². The number of halogens is 3. The van der Waals surface area contributed by atoms with Crippen LogP contribution in [0, 0.1) is 11.6 Å². The summed E-state index contributed by atoms with van der Waals surface area (Å²) < 4.78 is 40.5. The monoisotopic (exact) mass is 624 g/mol. The largest absolute Gasteiger partial charge is 0.454 e. The van der Waals surface area contributed by atoms with E-state index in [4.69, 9.17) is 21.1 Å². The number of benzene rings is 3. The summed E-state index contributed by atoms with van der Waals surface area (Å²) >= 11 is 5.98. The maximum Gasteiger partial charge on any atom is 0.319 e. The predicted octanol–water partition coefficient (Wildman–Crippen LogP) is 4.17. The predicted molar refractivity (Wildman–Crippen MR) is 155 cm³/mol. The highest BCUT2D eigenvalue weighted by molar-refractivity contribution is 6.33. The second-order valence-electron chi connectivity index (χ2n) is 9.64. The van der Waals surface area contributed by atoms with Crippen molar-refractivity contribution >= 4 is 23.3 Å². The first-order valence-corrected chi connectivity index (χ1v) is 13.7. The van der Waals surface area contributed by atoms with Crippen LogP contribution in [0.1, 0.15) is 11.1 Å². The maximum absolute atomic E-state index is 14.1. The van der Waals surface area contributed by atoms with E-state index in [2.05, 4.69) is 30.8 Å². The molecule has 0 saturated heterocycles. The number of para-hydroxylation sites is 1. The lowest BCUT2D eigenvalue weighted by atomic mass is 9.93. The Bertz CT molecular complexity index is 1650. The Hall–Kier alpha value is -5.08. The number of fused-ring (bicyclic) bond motifs is 1. The minimum absolute atomic E-state index is 0.0556. The molecular weight excluding hydrogens is 598 g/mol. The van der Waals surface area contributed by atoms with E-state index in [0.717, 1.165) is 29.2 Å². The number of amides is 2. The van der Waals surface area contributed by atoms with E-state index in [0.29, 0.717) is 23.7 Å². The van der Waals surface area contributed by atoms with Gasteiger partial charge in [-0.1, -0.05) is 35.9 Å². The summed E-state index contributed by atoms with van der Waals surface area (Å²) in [6.07, 6.45) is 6.10. The molecule has 0 fully saturated rings. The van der Waals surface area contributed by atoms with E-state index in [1.165, 1.54) is 40.7 Å². The van der Waals surface area contributed by atoms with E-state index in [1.807, 2.05) is 30.3 Å². The zero-order valence-corrected chi connectivity index (χ0v) is 23.9. The molecule has 0 bridgehead atoms. The van der Waals surface area contributed by atoms with Gasteiger partial charge in [-0.2, -0.15) is 10.2 Å². The molecule has 15 heteroatoms. The van der Waals surface area contributed by atoms with Crippen LogP contribution in [0.15, 0.2) is 86.0 Å². The first kappa shape index (κ1) is 30.4. The molecule has 6 rings (SSSR count). The zero-order chi connectivity index (χ0) is 30.9. The molecule has 44 heavy (non-hydrogen) atoms. The number of hydrogen-bond acceptors (Lipinski definition) is 8. The van der Waals surface area contributed by atoms with Crippen LogP contribution in [0.3, 0.4) is 0 Å². The quantitative estimate of drug-likeness (QED) is 0.222. The molecular formula is C29H27ClF2N8O4. The molecule has 3 heterocycles. The fraction of sp³-hybridized carbons (Fsp3) is 0.207. The van der Waals surface area contributed by atoms with Crippen molar-refractivity contribution in [2.45, 2.75) is 25.1 Å². The van der Waals surface area contributed by atoms with Gasteiger partial charge < -0.3 is 25.2 Å². The second kappa shape index (κ2) is 13.9. The SMILES string of the molecule is O=C(NCCc1ccc2c(c1)OCO2)Nc1ccccc1Cl.OC(Cn1cncn1)(Cn1cncn1)c1ccc(F)cc1F. The fourth-order valence-electron chi connectivity index (χ4n) is 4.40. The third kappa shape index (κ3) is 7.85. The molecule has 1 aliphatic heterocycles. The van der Waals surface area contributed by atoms with Gasteiger partial charge in [-0.05, 0) is 42.3 Å². The van der Waals surface area contributed by atoms with Crippen LogP contribution >= 0.6 is 11.6 Å². The average molecular weight is 625 g/mol. The van der Waals surface area contributed by atoms with Gasteiger partial charge in [0.1, 0.15) is 42.5 Å². The number of aliphatic hydroxyl groups is 1. The minimum atomic E-state index is -1.70. The first-order chi connectivity index (χ1) is 21.3. The molecule has 0 radical (unpaired) electrons. The lowest BCUT2D eigenvalue weighted by Gasteiger charge is -2.28. The number of urea groups is 1. The van der Waals surface area contributed by atoms with Gasteiger partial charge in [0.15, 0.2) is 11.5 Å². The third-order valence-electron chi connectivity index (χ3n) is 6.47. The Kier molecular flexibility index (Phi) is 9.62. The molecule has 5 aromatic rings. The molecule has 0 spiro atoms. The van der Waals surface area contributed by atoms with Gasteiger partial charge in [-0.15, -0.1) is 0 Å². The standard InChI is InChI=1S/C16H15ClN2O3.C13H12F2N6O/c17-12-3-1-2-4-13(12)19-16(20)18-8-7-11-5-6-14-15(9-11)22-10-21-14;14-10-1-2-11(12(15)3-10)13(22,4-20-8-16-6-18-20)5-21-9-17-7-19-21/h1-6,9H,7-8,10H2,(H2,18,19,20);1-3,6-9,22H,4-5H2. The summed E-state index contributed by atoms with van der Waals surface area (Å²) in [5.74, 6) is -0.0565. The Morgan fingerprint density at radius 3 is 2.32 bits per heavy atom. The van der Waals surface area contributed by atoms with Crippen LogP contribution in [0.4, 0.5) is 19.3 Å². The molecule has 0 saturated carbocycles. The second-order valence-corrected chi connectivity index (χ2v) is 10.0. The fourth-order valence-corrected chi connectivity index (χ4v) is 4.58. The highest BCUT2D eigenvalue weighted by atomic mass is 35.5. The Labute approximate surface area is 255 Å². The third-order valence-corrected chi connectivity index (χ3v) is 6.80. The lowest BCUT2D eigenvalue weighted by molar-refractivity contribution is -0.00856. The number of rotatable bonds is 9. The summed E-state index contributed by atoms with van der Waals surface area (Å²) in [5.41, 5.74) is -0.0916. The number of hydrogen-bond donors (Lipinski definition) is 3. The number of nitrogens with one attached hydrogen (secondary N) is 2. The van der Waals surface area contributed by atoms with Crippen molar-refractivity contribution in [2.75, 3.05) is 18.7 Å². The normalized spacial score (nSPS) is 11.9. The van der Waals surface area contributed by atoms with Crippen molar-refractivity contribution in [1.29, 1.82) is 0 Å². The van der Waals surface area contributed by atoms with Crippen LogP contribution in [-0.2, 0) is 25.1 Å². The molecule has 228 valence electrons. The molecule has 1 aliphatic rings. The van der Waals surface area contributed by atoms with Gasteiger partial charge >= 0.3 is 6.03 Å². The van der Waals surface area contributed by atoms with Gasteiger partial charge in [-0.3, -0.25) is 0 Å². The number of carbonyl (C=O) groups excluding carboxylic acids is 1. The van der Waals surface area contributed by atoms with Crippen LogP contribution in [0.25, 0.3) is 0 Å². The van der Waals surface area contributed by atoms with Gasteiger partial charge in [0.2, 0.25) is 6.79 Å². The Morgan fingerprint density at radius 1 is 0.955 bits per heavy atom. The number of aromatic nitrogens is 6. The maximum atomic E-state index is 14.1. The molecule has 12 nitrogen and oxygen atoms in total. The molecule has 0 unspecified atom stereocenters. The summed E-state index contributed by atoms with van der Waals surface area (Å²) in [5, 5.41) is 24.8. The highest BCUT2D eigenvalue weighted by Crippen LogP contribution is 2.32. The van der Waals surface area contributed by atoms with E-state index in [-0.39, 0.29) is 31.5 Å². The van der Waals surface area contributed by atoms with Crippen LogP contribution in [0.5, 0.6) is 11.5 Å². The Morgan fingerprint density at radius 2 is 1.66 bits per heavy atom. The van der Waals surface area contributed by atoms with Crippen LogP contribution in [0.2, 0.25) is 5.02 Å². The number of anilines is 1. The summed E-state index contributed by atoms with van der Waals surface area (Å²) in [6.45, 7) is 0.623. The smallest absolute Gasteiger partial charge is 0.319 e. The topological polar surface area (TPSA) is 141 Å². The summed E-state index contributed by atoms with van der Waals surface area (Å²) in [7, 11) is 0. The number of ether oxygens (including phenoxy) is 2. The van der Waals surface area contributed by atoms with E-state index >= 15 is 0 Å². The molecule has 2 aromatic heterocycles. The van der Waals surface area contributed by atoms with Crippen molar-refractivity contribution in [1.82, 2.24) is 34.8 Å². The van der Waals surface area contributed by atoms with Gasteiger partial charge in [-0.25, -0.2) is 32.9 Å². The number of nitrogens with zero attached hydrogens (tertiary/aromatic N) is 6. The van der Waals surface area contributed by atoms with Gasteiger partial charge in [0.05, 0.1) is 23.8 Å². The average Bonchev–Trinajstić information content (AvgIpc) is 3.78. The van der Waals surface area contributed by atoms with Crippen molar-refractivity contribution in [3.63, 3.8) is 0 Å². The first-order valence-electron chi connectivity index (χ1n) is 13.3. The van der Waals surface area contributed by atoms with E-state index < -0.39 is 17.2 Å². The van der Waals surface area contributed by atoms with E-state index in [1.54, 1.807) is 12.1 Å². The highest BCUT2D eigenvalue weighted by Gasteiger charge is 2.34. The number of carbonyl (C=O) groups is 1. The van der Waals surface area contributed by atoms with E-state index in [9.17, 15) is 18.7 Å². The van der Waals surface area contributed by atoms with Gasteiger partial charge in [0.25, 0.3) is 0 Å². The van der Waals surface area contributed by atoms with Crippen molar-refractivity contribution in [3.05, 3.63) is 114 Å². The van der Waals surface area contributed by atoms with Crippen LogP contribution in [-0.4, -0.2) is 54.0 Å². The molecule has 3 N–H and O–H groups in total. The molecule has 0 aliphatic carbocycles. The Balaban J connectivity index is 0.000000175. The molecule has 2 amide bonds. The molecule has 3 aromatic carbocycles. The van der Waals surface area contributed by atoms with Crippen molar-refractivity contribution in [2.24, 2.45) is 0 Å². The van der Waals surface area contributed by atoms with Crippen molar-refractivity contribution < 1.29 is 28.2 Å².